The number of amides is 1. The zero-order valence-electron chi connectivity index (χ0n) is 7.52. The maximum absolute atomic E-state index is 11.1. The fourth-order valence-electron chi connectivity index (χ4n) is 2.49. The summed E-state index contributed by atoms with van der Waals surface area (Å²) < 4.78 is 0. The number of rotatable bonds is 0. The van der Waals surface area contributed by atoms with Crippen molar-refractivity contribution in [2.45, 2.75) is 19.8 Å². The van der Waals surface area contributed by atoms with E-state index in [1.807, 2.05) is 0 Å². The van der Waals surface area contributed by atoms with Gasteiger partial charge in [0.2, 0.25) is 5.91 Å². The van der Waals surface area contributed by atoms with Crippen molar-refractivity contribution in [3.8, 4) is 0 Å². The number of piperidine rings is 1. The molecular formula is C9H16N2O. The molecule has 2 atom stereocenters. The van der Waals surface area contributed by atoms with Gasteiger partial charge in [-0.3, -0.25) is 4.79 Å². The van der Waals surface area contributed by atoms with E-state index in [0.717, 1.165) is 26.1 Å². The first-order valence-corrected chi connectivity index (χ1v) is 4.68. The normalized spacial score (nSPS) is 41.8. The summed E-state index contributed by atoms with van der Waals surface area (Å²) in [7, 11) is 0. The standard InChI is InChI=1S/C9H16N2O/c1-7-2-9(5-10-4-7)3-8(12)11-6-9/h7,10H,2-6H2,1H3,(H,11,12). The largest absolute Gasteiger partial charge is 0.355 e. The number of carbonyl (C=O) groups is 1. The lowest BCUT2D eigenvalue weighted by Crippen LogP contribution is -2.44. The van der Waals surface area contributed by atoms with Crippen LogP contribution in [0.5, 0.6) is 0 Å². The summed E-state index contributed by atoms with van der Waals surface area (Å²) in [5.41, 5.74) is 0.245. The van der Waals surface area contributed by atoms with Gasteiger partial charge in [0.1, 0.15) is 0 Å². The van der Waals surface area contributed by atoms with Crippen molar-refractivity contribution in [3.63, 3.8) is 0 Å². The average Bonchev–Trinajstić information content (AvgIpc) is 2.32. The monoisotopic (exact) mass is 168 g/mol. The molecule has 3 heteroatoms. The molecule has 0 aromatic rings. The molecule has 68 valence electrons. The molecule has 2 aliphatic rings. The van der Waals surface area contributed by atoms with Gasteiger partial charge in [-0.25, -0.2) is 0 Å². The molecule has 1 amide bonds. The third kappa shape index (κ3) is 1.33. The van der Waals surface area contributed by atoms with Crippen molar-refractivity contribution in [1.82, 2.24) is 10.6 Å². The molecule has 0 radical (unpaired) electrons. The molecule has 2 saturated heterocycles. The summed E-state index contributed by atoms with van der Waals surface area (Å²) >= 11 is 0. The van der Waals surface area contributed by atoms with Gasteiger partial charge in [-0.2, -0.15) is 0 Å². The Hall–Kier alpha value is -0.570. The summed E-state index contributed by atoms with van der Waals surface area (Å²) in [5.74, 6) is 0.942. The fourth-order valence-corrected chi connectivity index (χ4v) is 2.49. The molecule has 3 nitrogen and oxygen atoms in total. The Kier molecular flexibility index (Phi) is 1.83. The second kappa shape index (κ2) is 2.73. The summed E-state index contributed by atoms with van der Waals surface area (Å²) in [6.45, 7) is 5.24. The molecule has 0 aromatic heterocycles. The van der Waals surface area contributed by atoms with E-state index >= 15 is 0 Å². The Labute approximate surface area is 72.9 Å². The number of hydrogen-bond acceptors (Lipinski definition) is 2. The lowest BCUT2D eigenvalue weighted by molar-refractivity contribution is -0.119. The fraction of sp³-hybridized carbons (Fsp3) is 0.889. The summed E-state index contributed by atoms with van der Waals surface area (Å²) in [5, 5.41) is 6.32. The quantitative estimate of drug-likeness (QED) is 0.539. The first kappa shape index (κ1) is 8.05. The Morgan fingerprint density at radius 2 is 2.33 bits per heavy atom. The molecule has 2 aliphatic heterocycles. The van der Waals surface area contributed by atoms with Gasteiger partial charge in [0.05, 0.1) is 0 Å². The van der Waals surface area contributed by atoms with E-state index in [0.29, 0.717) is 5.92 Å². The van der Waals surface area contributed by atoms with Crippen LogP contribution in [0.2, 0.25) is 0 Å². The van der Waals surface area contributed by atoms with E-state index in [1.165, 1.54) is 6.42 Å². The maximum Gasteiger partial charge on any atom is 0.220 e. The Morgan fingerprint density at radius 3 is 2.92 bits per heavy atom. The highest BCUT2D eigenvalue weighted by molar-refractivity contribution is 5.79. The third-order valence-corrected chi connectivity index (χ3v) is 2.97. The first-order valence-electron chi connectivity index (χ1n) is 4.68. The molecule has 2 fully saturated rings. The number of carbonyl (C=O) groups excluding carboxylic acids is 1. The maximum atomic E-state index is 11.1. The van der Waals surface area contributed by atoms with Crippen LogP contribution in [0.1, 0.15) is 19.8 Å². The molecule has 0 saturated carbocycles. The lowest BCUT2D eigenvalue weighted by atomic mass is 9.76. The molecule has 2 rings (SSSR count). The smallest absolute Gasteiger partial charge is 0.220 e. The van der Waals surface area contributed by atoms with Crippen molar-refractivity contribution in [2.24, 2.45) is 11.3 Å². The van der Waals surface area contributed by atoms with Crippen molar-refractivity contribution >= 4 is 5.91 Å². The van der Waals surface area contributed by atoms with Crippen LogP contribution in [-0.4, -0.2) is 25.5 Å². The van der Waals surface area contributed by atoms with Crippen LogP contribution in [0.15, 0.2) is 0 Å². The van der Waals surface area contributed by atoms with E-state index < -0.39 is 0 Å². The van der Waals surface area contributed by atoms with Gasteiger partial charge in [0.15, 0.2) is 0 Å². The molecule has 12 heavy (non-hydrogen) atoms. The van der Waals surface area contributed by atoms with Crippen LogP contribution in [0, 0.1) is 11.3 Å². The SMILES string of the molecule is CC1CNCC2(CNC(=O)C2)C1. The predicted molar refractivity (Wildman–Crippen MR) is 46.7 cm³/mol. The molecule has 1 spiro atoms. The van der Waals surface area contributed by atoms with Gasteiger partial charge in [-0.15, -0.1) is 0 Å². The second-order valence-electron chi connectivity index (χ2n) is 4.39. The van der Waals surface area contributed by atoms with Crippen molar-refractivity contribution in [2.75, 3.05) is 19.6 Å². The Morgan fingerprint density at radius 1 is 1.50 bits per heavy atom. The Bertz CT molecular complexity index is 205. The summed E-state index contributed by atoms with van der Waals surface area (Å²) in [6, 6.07) is 0. The highest BCUT2D eigenvalue weighted by atomic mass is 16.1. The number of hydrogen-bond donors (Lipinski definition) is 2. The van der Waals surface area contributed by atoms with E-state index in [-0.39, 0.29) is 11.3 Å². The Balaban J connectivity index is 2.05. The molecule has 0 aliphatic carbocycles. The van der Waals surface area contributed by atoms with Crippen LogP contribution < -0.4 is 10.6 Å². The van der Waals surface area contributed by atoms with Gasteiger partial charge < -0.3 is 10.6 Å². The van der Waals surface area contributed by atoms with Gasteiger partial charge in [0.25, 0.3) is 0 Å². The second-order valence-corrected chi connectivity index (χ2v) is 4.39. The number of nitrogens with one attached hydrogen (secondary N) is 2. The molecule has 2 heterocycles. The molecule has 2 unspecified atom stereocenters. The zero-order chi connectivity index (χ0) is 8.60. The minimum Gasteiger partial charge on any atom is -0.355 e. The predicted octanol–water partition coefficient (Wildman–Crippen LogP) is 0.122. The van der Waals surface area contributed by atoms with Crippen molar-refractivity contribution in [3.05, 3.63) is 0 Å². The molecular weight excluding hydrogens is 152 g/mol. The zero-order valence-corrected chi connectivity index (χ0v) is 7.52. The van der Waals surface area contributed by atoms with E-state index in [2.05, 4.69) is 17.6 Å². The van der Waals surface area contributed by atoms with Gasteiger partial charge in [-0.05, 0) is 18.9 Å². The average molecular weight is 168 g/mol. The molecule has 0 aromatic carbocycles. The first-order chi connectivity index (χ1) is 5.70. The lowest BCUT2D eigenvalue weighted by Gasteiger charge is -2.35. The van der Waals surface area contributed by atoms with Gasteiger partial charge in [0, 0.05) is 24.9 Å². The third-order valence-electron chi connectivity index (χ3n) is 2.97. The van der Waals surface area contributed by atoms with Crippen LogP contribution in [-0.2, 0) is 4.79 Å². The van der Waals surface area contributed by atoms with Crippen molar-refractivity contribution in [1.29, 1.82) is 0 Å². The van der Waals surface area contributed by atoms with Crippen LogP contribution in [0.4, 0.5) is 0 Å². The van der Waals surface area contributed by atoms with Crippen LogP contribution in [0.25, 0.3) is 0 Å². The summed E-state index contributed by atoms with van der Waals surface area (Å²) in [6.07, 6.45) is 1.92. The topological polar surface area (TPSA) is 41.1 Å². The molecule has 2 N–H and O–H groups in total. The summed E-state index contributed by atoms with van der Waals surface area (Å²) in [4.78, 5) is 11.1. The van der Waals surface area contributed by atoms with Crippen LogP contribution >= 0.6 is 0 Å². The van der Waals surface area contributed by atoms with Gasteiger partial charge >= 0.3 is 0 Å². The molecule has 0 bridgehead atoms. The highest BCUT2D eigenvalue weighted by Crippen LogP contribution is 2.35. The van der Waals surface area contributed by atoms with Crippen molar-refractivity contribution < 1.29 is 4.79 Å². The minimum atomic E-state index is 0.228. The van der Waals surface area contributed by atoms with Crippen LogP contribution in [0.3, 0.4) is 0 Å². The van der Waals surface area contributed by atoms with E-state index in [9.17, 15) is 4.79 Å². The van der Waals surface area contributed by atoms with Gasteiger partial charge in [-0.1, -0.05) is 6.92 Å². The van der Waals surface area contributed by atoms with E-state index in [4.69, 9.17) is 0 Å². The highest BCUT2D eigenvalue weighted by Gasteiger charge is 2.40. The minimum absolute atomic E-state index is 0.228. The van der Waals surface area contributed by atoms with E-state index in [1.54, 1.807) is 0 Å².